The van der Waals surface area contributed by atoms with Gasteiger partial charge in [-0.1, -0.05) is 48.5 Å². The topological polar surface area (TPSA) is 54.5 Å². The predicted octanol–water partition coefficient (Wildman–Crippen LogP) is 3.85. The third-order valence-electron chi connectivity index (χ3n) is 5.08. The van der Waals surface area contributed by atoms with Crippen LogP contribution in [0.4, 0.5) is 4.79 Å². The Morgan fingerprint density at radius 2 is 1.82 bits per heavy atom. The molecule has 0 fully saturated rings. The van der Waals surface area contributed by atoms with Crippen molar-refractivity contribution < 1.29 is 9.53 Å². The van der Waals surface area contributed by atoms with E-state index in [0.717, 1.165) is 22.4 Å². The molecule has 0 unspecified atom stereocenters. The lowest BCUT2D eigenvalue weighted by Crippen LogP contribution is -2.52. The fourth-order valence-corrected chi connectivity index (χ4v) is 3.60. The van der Waals surface area contributed by atoms with Gasteiger partial charge in [-0.15, -0.1) is 0 Å². The van der Waals surface area contributed by atoms with Crippen LogP contribution in [-0.2, 0) is 12.0 Å². The van der Waals surface area contributed by atoms with E-state index in [4.69, 9.17) is 4.74 Å². The maximum atomic E-state index is 12.8. The summed E-state index contributed by atoms with van der Waals surface area (Å²) in [6, 6.07) is 21.7. The number of likely N-dealkylation sites (N-methyl/N-ethyl adjacent to an activating group) is 1. The minimum absolute atomic E-state index is 0.178. The van der Waals surface area contributed by atoms with E-state index in [1.165, 1.54) is 0 Å². The van der Waals surface area contributed by atoms with E-state index < -0.39 is 5.54 Å². The van der Waals surface area contributed by atoms with Gasteiger partial charge >= 0.3 is 6.03 Å². The Morgan fingerprint density at radius 1 is 1.07 bits per heavy atom. The zero-order valence-corrected chi connectivity index (χ0v) is 16.4. The van der Waals surface area contributed by atoms with Crippen LogP contribution in [0, 0.1) is 0 Å². The highest BCUT2D eigenvalue weighted by Gasteiger charge is 2.41. The minimum Gasteiger partial charge on any atom is -0.497 e. The third kappa shape index (κ3) is 3.69. The lowest BCUT2D eigenvalue weighted by atomic mass is 9.77. The molecule has 2 aromatic carbocycles. The van der Waals surface area contributed by atoms with Crippen LogP contribution in [-0.4, -0.2) is 37.1 Å². The van der Waals surface area contributed by atoms with E-state index in [-0.39, 0.29) is 6.03 Å². The SMILES string of the molecule is CNC(=O)N(C)[C@](Cc1ccccc1)(c1cccnc1)c1cccc(OC)c1. The van der Waals surface area contributed by atoms with E-state index in [1.54, 1.807) is 25.3 Å². The molecule has 0 bridgehead atoms. The number of urea groups is 1. The molecule has 3 rings (SSSR count). The maximum Gasteiger partial charge on any atom is 0.317 e. The van der Waals surface area contributed by atoms with E-state index in [2.05, 4.69) is 22.4 Å². The zero-order valence-electron chi connectivity index (χ0n) is 16.4. The van der Waals surface area contributed by atoms with Crippen molar-refractivity contribution in [3.05, 3.63) is 95.8 Å². The van der Waals surface area contributed by atoms with Crippen LogP contribution < -0.4 is 10.1 Å². The Hall–Kier alpha value is -3.34. The fourth-order valence-electron chi connectivity index (χ4n) is 3.60. The first kappa shape index (κ1) is 19.4. The monoisotopic (exact) mass is 375 g/mol. The number of benzene rings is 2. The van der Waals surface area contributed by atoms with Crippen molar-refractivity contribution in [2.24, 2.45) is 0 Å². The van der Waals surface area contributed by atoms with Gasteiger partial charge in [-0.05, 0) is 29.3 Å². The Bertz CT molecular complexity index is 915. The summed E-state index contributed by atoms with van der Waals surface area (Å²) in [4.78, 5) is 18.9. The van der Waals surface area contributed by atoms with Gasteiger partial charge in [0, 0.05) is 38.5 Å². The second kappa shape index (κ2) is 8.57. The van der Waals surface area contributed by atoms with E-state index in [1.807, 2.05) is 67.8 Å². The number of methoxy groups -OCH3 is 1. The lowest BCUT2D eigenvalue weighted by Gasteiger charge is -2.43. The molecule has 1 atom stereocenters. The molecule has 0 saturated heterocycles. The fraction of sp³-hybridized carbons (Fsp3) is 0.217. The number of nitrogens with zero attached hydrogens (tertiary/aromatic N) is 2. The van der Waals surface area contributed by atoms with Crippen LogP contribution >= 0.6 is 0 Å². The van der Waals surface area contributed by atoms with Crippen LogP contribution in [0.15, 0.2) is 79.1 Å². The number of nitrogens with one attached hydrogen (secondary N) is 1. The normalized spacial score (nSPS) is 12.7. The molecule has 1 aromatic heterocycles. The molecule has 28 heavy (non-hydrogen) atoms. The standard InChI is InChI=1S/C23H25N3O2/c1-24-22(27)26(2)23(20-12-8-14-25-17-20,16-18-9-5-4-6-10-18)19-11-7-13-21(15-19)28-3/h4-15,17H,16H2,1-3H3,(H,24,27)/t23-/m0/s1. The highest BCUT2D eigenvalue weighted by atomic mass is 16.5. The van der Waals surface area contributed by atoms with Gasteiger partial charge in [0.05, 0.1) is 7.11 Å². The molecule has 0 saturated carbocycles. The summed E-state index contributed by atoms with van der Waals surface area (Å²) in [5, 5.41) is 2.76. The Kier molecular flexibility index (Phi) is 5.94. The molecular weight excluding hydrogens is 350 g/mol. The highest BCUT2D eigenvalue weighted by Crippen LogP contribution is 2.39. The van der Waals surface area contributed by atoms with Crippen LogP contribution in [0.5, 0.6) is 5.75 Å². The van der Waals surface area contributed by atoms with Gasteiger partial charge in [0.15, 0.2) is 0 Å². The Morgan fingerprint density at radius 3 is 2.46 bits per heavy atom. The lowest BCUT2D eigenvalue weighted by molar-refractivity contribution is 0.158. The first-order valence-corrected chi connectivity index (χ1v) is 9.16. The van der Waals surface area contributed by atoms with Crippen molar-refractivity contribution in [3.8, 4) is 5.75 Å². The first-order valence-electron chi connectivity index (χ1n) is 9.16. The predicted molar refractivity (Wildman–Crippen MR) is 110 cm³/mol. The quantitative estimate of drug-likeness (QED) is 0.712. The van der Waals surface area contributed by atoms with Gasteiger partial charge < -0.3 is 15.0 Å². The molecule has 0 aliphatic heterocycles. The van der Waals surface area contributed by atoms with Crippen molar-refractivity contribution in [3.63, 3.8) is 0 Å². The maximum absolute atomic E-state index is 12.8. The average molecular weight is 375 g/mol. The number of aromatic nitrogens is 1. The minimum atomic E-state index is -0.760. The zero-order chi connectivity index (χ0) is 20.0. The molecule has 144 valence electrons. The summed E-state index contributed by atoms with van der Waals surface area (Å²) in [7, 11) is 5.10. The molecule has 0 radical (unpaired) electrons. The molecule has 0 aliphatic carbocycles. The number of hydrogen-bond donors (Lipinski definition) is 1. The molecule has 0 spiro atoms. The van der Waals surface area contributed by atoms with Gasteiger partial charge in [0.1, 0.15) is 11.3 Å². The van der Waals surface area contributed by atoms with Crippen molar-refractivity contribution in [1.29, 1.82) is 0 Å². The largest absolute Gasteiger partial charge is 0.497 e. The summed E-state index contributed by atoms with van der Waals surface area (Å²) in [5.74, 6) is 0.740. The van der Waals surface area contributed by atoms with Gasteiger partial charge in [0.2, 0.25) is 0 Å². The number of carbonyl (C=O) groups is 1. The molecule has 5 nitrogen and oxygen atoms in total. The van der Waals surface area contributed by atoms with Crippen molar-refractivity contribution in [2.45, 2.75) is 12.0 Å². The summed E-state index contributed by atoms with van der Waals surface area (Å²) < 4.78 is 5.47. The summed E-state index contributed by atoms with van der Waals surface area (Å²) in [6.07, 6.45) is 4.15. The molecule has 1 N–H and O–H groups in total. The molecule has 0 aliphatic rings. The number of rotatable bonds is 6. The molecule has 1 heterocycles. The smallest absolute Gasteiger partial charge is 0.317 e. The number of carbonyl (C=O) groups excluding carboxylic acids is 1. The van der Waals surface area contributed by atoms with Crippen molar-refractivity contribution in [2.75, 3.05) is 21.2 Å². The van der Waals surface area contributed by atoms with Gasteiger partial charge in [-0.3, -0.25) is 4.98 Å². The van der Waals surface area contributed by atoms with Crippen molar-refractivity contribution >= 4 is 6.03 Å². The van der Waals surface area contributed by atoms with Crippen LogP contribution in [0.2, 0.25) is 0 Å². The molecular formula is C23H25N3O2. The van der Waals surface area contributed by atoms with Gasteiger partial charge in [-0.2, -0.15) is 0 Å². The van der Waals surface area contributed by atoms with Gasteiger partial charge in [-0.25, -0.2) is 4.79 Å². The third-order valence-corrected chi connectivity index (χ3v) is 5.08. The average Bonchev–Trinajstić information content (AvgIpc) is 2.77. The van der Waals surface area contributed by atoms with Crippen molar-refractivity contribution in [1.82, 2.24) is 15.2 Å². The molecule has 5 heteroatoms. The summed E-state index contributed by atoms with van der Waals surface area (Å²) in [5.41, 5.74) is 2.24. The van der Waals surface area contributed by atoms with Gasteiger partial charge in [0.25, 0.3) is 0 Å². The number of ether oxygens (including phenoxy) is 1. The van der Waals surface area contributed by atoms with Crippen LogP contribution in [0.3, 0.4) is 0 Å². The summed E-state index contributed by atoms with van der Waals surface area (Å²) >= 11 is 0. The second-order valence-corrected chi connectivity index (χ2v) is 6.61. The number of amides is 2. The first-order chi connectivity index (χ1) is 13.6. The highest BCUT2D eigenvalue weighted by molar-refractivity contribution is 5.76. The van der Waals surface area contributed by atoms with Crippen LogP contribution in [0.25, 0.3) is 0 Å². The Labute approximate surface area is 166 Å². The number of hydrogen-bond acceptors (Lipinski definition) is 3. The second-order valence-electron chi connectivity index (χ2n) is 6.61. The summed E-state index contributed by atoms with van der Waals surface area (Å²) in [6.45, 7) is 0. The van der Waals surface area contributed by atoms with E-state index >= 15 is 0 Å². The molecule has 3 aromatic rings. The van der Waals surface area contributed by atoms with E-state index in [0.29, 0.717) is 6.42 Å². The van der Waals surface area contributed by atoms with E-state index in [9.17, 15) is 4.79 Å². The van der Waals surface area contributed by atoms with Crippen LogP contribution in [0.1, 0.15) is 16.7 Å². The Balaban J connectivity index is 2.28. The number of pyridine rings is 1. The molecule has 2 amide bonds.